The molecule has 3 rings (SSSR count). The molecule has 1 saturated heterocycles. The SMILES string of the molecule is Cc1cc(Cl)cc([C@H](C2CCCC2)N2CCNCC2)c1O.Cl.Cl. The Labute approximate surface area is 156 Å². The molecule has 1 heterocycles. The number of phenolic OH excluding ortho intramolecular Hbond substituents is 1. The maximum Gasteiger partial charge on any atom is 0.123 e. The Kier molecular flexibility index (Phi) is 8.46. The van der Waals surface area contributed by atoms with Gasteiger partial charge in [0.25, 0.3) is 0 Å². The number of hydrogen-bond donors (Lipinski definition) is 2. The van der Waals surface area contributed by atoms with Crippen LogP contribution in [-0.4, -0.2) is 36.2 Å². The Balaban J connectivity index is 0.00000132. The fourth-order valence-corrected chi connectivity index (χ4v) is 4.25. The molecule has 0 spiro atoms. The van der Waals surface area contributed by atoms with E-state index < -0.39 is 0 Å². The number of nitrogens with one attached hydrogen (secondary N) is 1. The zero-order chi connectivity index (χ0) is 14.8. The van der Waals surface area contributed by atoms with E-state index in [1.165, 1.54) is 25.7 Å². The maximum atomic E-state index is 10.6. The first kappa shape index (κ1) is 20.9. The molecule has 0 radical (unpaired) electrons. The van der Waals surface area contributed by atoms with Crippen LogP contribution in [0.4, 0.5) is 0 Å². The fourth-order valence-electron chi connectivity index (χ4n) is 3.97. The van der Waals surface area contributed by atoms with Crippen molar-refractivity contribution in [3.05, 3.63) is 28.3 Å². The lowest BCUT2D eigenvalue weighted by atomic mass is 9.88. The lowest BCUT2D eigenvalue weighted by Crippen LogP contribution is -2.46. The molecule has 1 aromatic carbocycles. The van der Waals surface area contributed by atoms with Crippen LogP contribution in [0.1, 0.15) is 42.9 Å². The summed E-state index contributed by atoms with van der Waals surface area (Å²) in [5.41, 5.74) is 1.92. The molecule has 3 nitrogen and oxygen atoms in total. The highest BCUT2D eigenvalue weighted by Crippen LogP contribution is 2.44. The van der Waals surface area contributed by atoms with Crippen LogP contribution in [0.15, 0.2) is 12.1 Å². The number of piperazine rings is 1. The summed E-state index contributed by atoms with van der Waals surface area (Å²) in [4.78, 5) is 2.54. The third-order valence-corrected chi connectivity index (χ3v) is 5.22. The Hall–Kier alpha value is -0.190. The van der Waals surface area contributed by atoms with Gasteiger partial charge in [-0.05, 0) is 43.4 Å². The van der Waals surface area contributed by atoms with E-state index in [1.54, 1.807) is 0 Å². The topological polar surface area (TPSA) is 35.5 Å². The zero-order valence-corrected chi connectivity index (χ0v) is 15.9. The highest BCUT2D eigenvalue weighted by molar-refractivity contribution is 6.30. The van der Waals surface area contributed by atoms with Crippen LogP contribution in [0.5, 0.6) is 5.75 Å². The molecule has 2 aliphatic rings. The Morgan fingerprint density at radius 3 is 2.39 bits per heavy atom. The van der Waals surface area contributed by atoms with Gasteiger partial charge in [0.2, 0.25) is 0 Å². The average molecular weight is 382 g/mol. The van der Waals surface area contributed by atoms with Crippen LogP contribution >= 0.6 is 36.4 Å². The van der Waals surface area contributed by atoms with Gasteiger partial charge >= 0.3 is 0 Å². The lowest BCUT2D eigenvalue weighted by molar-refractivity contribution is 0.123. The number of nitrogens with zero attached hydrogens (tertiary/aromatic N) is 1. The highest BCUT2D eigenvalue weighted by Gasteiger charge is 2.33. The first-order valence-electron chi connectivity index (χ1n) is 8.10. The minimum atomic E-state index is 0. The molecule has 2 fully saturated rings. The second kappa shape index (κ2) is 9.33. The molecule has 132 valence electrons. The molecule has 1 aliphatic heterocycles. The molecule has 0 unspecified atom stereocenters. The van der Waals surface area contributed by atoms with Crippen LogP contribution in [0.25, 0.3) is 0 Å². The highest BCUT2D eigenvalue weighted by atomic mass is 35.5. The lowest BCUT2D eigenvalue weighted by Gasteiger charge is -2.39. The van der Waals surface area contributed by atoms with Crippen molar-refractivity contribution in [1.29, 1.82) is 0 Å². The van der Waals surface area contributed by atoms with Gasteiger partial charge in [0.1, 0.15) is 5.75 Å². The van der Waals surface area contributed by atoms with Crippen molar-refractivity contribution in [2.24, 2.45) is 5.92 Å². The van der Waals surface area contributed by atoms with Crippen molar-refractivity contribution < 1.29 is 5.11 Å². The third kappa shape index (κ3) is 4.67. The standard InChI is InChI=1S/C17H25ClN2O.2ClH/c1-12-10-14(18)11-15(17(12)21)16(13-4-2-3-5-13)20-8-6-19-7-9-20;;/h10-11,13,16,19,21H,2-9H2,1H3;2*1H/t16-;;/m0../s1. The fraction of sp³-hybridized carbons (Fsp3) is 0.647. The van der Waals surface area contributed by atoms with Gasteiger partial charge < -0.3 is 10.4 Å². The van der Waals surface area contributed by atoms with Crippen LogP contribution in [0, 0.1) is 12.8 Å². The quantitative estimate of drug-likeness (QED) is 0.818. The second-order valence-electron chi connectivity index (χ2n) is 6.44. The molecule has 1 aliphatic carbocycles. The number of benzene rings is 1. The molecule has 1 atom stereocenters. The summed E-state index contributed by atoms with van der Waals surface area (Å²) in [6.45, 7) is 6.10. The number of aryl methyl sites for hydroxylation is 1. The Bertz CT molecular complexity index is 501. The van der Waals surface area contributed by atoms with Gasteiger partial charge in [-0.25, -0.2) is 0 Å². The Morgan fingerprint density at radius 2 is 1.78 bits per heavy atom. The van der Waals surface area contributed by atoms with E-state index in [0.29, 0.717) is 17.7 Å². The van der Waals surface area contributed by atoms with Crippen LogP contribution in [0.3, 0.4) is 0 Å². The monoisotopic (exact) mass is 380 g/mol. The number of aromatic hydroxyl groups is 1. The van der Waals surface area contributed by atoms with Gasteiger partial charge in [0.05, 0.1) is 0 Å². The summed E-state index contributed by atoms with van der Waals surface area (Å²) in [5.74, 6) is 1.08. The predicted molar refractivity (Wildman–Crippen MR) is 101 cm³/mol. The summed E-state index contributed by atoms with van der Waals surface area (Å²) in [6, 6.07) is 4.14. The van der Waals surface area contributed by atoms with Crippen molar-refractivity contribution in [2.75, 3.05) is 26.2 Å². The molecular weight excluding hydrogens is 355 g/mol. The second-order valence-corrected chi connectivity index (χ2v) is 6.87. The van der Waals surface area contributed by atoms with Gasteiger partial charge in [-0.1, -0.05) is 24.4 Å². The van der Waals surface area contributed by atoms with E-state index in [2.05, 4.69) is 10.2 Å². The molecule has 0 bridgehead atoms. The summed E-state index contributed by atoms with van der Waals surface area (Å²) >= 11 is 6.27. The predicted octanol–water partition coefficient (Wildman–Crippen LogP) is 4.33. The van der Waals surface area contributed by atoms with Crippen LogP contribution in [-0.2, 0) is 0 Å². The minimum absolute atomic E-state index is 0. The van der Waals surface area contributed by atoms with Crippen LogP contribution in [0.2, 0.25) is 5.02 Å². The van der Waals surface area contributed by atoms with Gasteiger partial charge in [0, 0.05) is 42.8 Å². The molecule has 6 heteroatoms. The molecule has 23 heavy (non-hydrogen) atoms. The molecule has 0 amide bonds. The average Bonchev–Trinajstić information content (AvgIpc) is 2.99. The van der Waals surface area contributed by atoms with E-state index in [-0.39, 0.29) is 24.8 Å². The molecule has 2 N–H and O–H groups in total. The third-order valence-electron chi connectivity index (χ3n) is 5.00. The van der Waals surface area contributed by atoms with Gasteiger partial charge in [-0.15, -0.1) is 24.8 Å². The minimum Gasteiger partial charge on any atom is -0.507 e. The molecule has 0 aromatic heterocycles. The largest absolute Gasteiger partial charge is 0.507 e. The summed E-state index contributed by atoms with van der Waals surface area (Å²) in [7, 11) is 0. The van der Waals surface area contributed by atoms with E-state index in [9.17, 15) is 5.11 Å². The van der Waals surface area contributed by atoms with Crippen LogP contribution < -0.4 is 5.32 Å². The number of hydrogen-bond acceptors (Lipinski definition) is 3. The van der Waals surface area contributed by atoms with Crippen molar-refractivity contribution in [3.63, 3.8) is 0 Å². The van der Waals surface area contributed by atoms with E-state index in [0.717, 1.165) is 42.3 Å². The van der Waals surface area contributed by atoms with Gasteiger partial charge in [-0.2, -0.15) is 0 Å². The van der Waals surface area contributed by atoms with Crippen molar-refractivity contribution >= 4 is 36.4 Å². The van der Waals surface area contributed by atoms with Crippen molar-refractivity contribution in [1.82, 2.24) is 10.2 Å². The first-order valence-corrected chi connectivity index (χ1v) is 8.48. The first-order chi connectivity index (χ1) is 10.2. The molecule has 1 saturated carbocycles. The number of halogens is 3. The van der Waals surface area contributed by atoms with E-state index >= 15 is 0 Å². The number of rotatable bonds is 3. The summed E-state index contributed by atoms with van der Waals surface area (Å²) in [6.07, 6.45) is 5.15. The summed E-state index contributed by atoms with van der Waals surface area (Å²) in [5, 5.41) is 14.7. The van der Waals surface area contributed by atoms with Gasteiger partial charge in [-0.3, -0.25) is 4.90 Å². The normalized spacial score (nSPS) is 20.6. The van der Waals surface area contributed by atoms with Gasteiger partial charge in [0.15, 0.2) is 0 Å². The zero-order valence-electron chi connectivity index (χ0n) is 13.6. The molecular formula is C17H27Cl3N2O. The van der Waals surface area contributed by atoms with E-state index in [4.69, 9.17) is 11.6 Å². The molecule has 1 aromatic rings. The van der Waals surface area contributed by atoms with Crippen molar-refractivity contribution in [3.8, 4) is 5.75 Å². The summed E-state index contributed by atoms with van der Waals surface area (Å²) < 4.78 is 0. The smallest absolute Gasteiger partial charge is 0.123 e. The maximum absolute atomic E-state index is 10.6. The number of phenols is 1. The van der Waals surface area contributed by atoms with E-state index in [1.807, 2.05) is 19.1 Å². The Morgan fingerprint density at radius 1 is 1.17 bits per heavy atom. The van der Waals surface area contributed by atoms with Crippen molar-refractivity contribution in [2.45, 2.75) is 38.6 Å².